The van der Waals surface area contributed by atoms with Gasteiger partial charge in [0, 0.05) is 16.5 Å². The Hall–Kier alpha value is -3.00. The molecule has 0 bridgehead atoms. The molecule has 9 nitrogen and oxygen atoms in total. The van der Waals surface area contributed by atoms with Crippen molar-refractivity contribution in [3.8, 4) is 17.3 Å². The van der Waals surface area contributed by atoms with Crippen molar-refractivity contribution in [3.05, 3.63) is 40.4 Å². The molecule has 2 aromatic rings. The van der Waals surface area contributed by atoms with E-state index in [0.29, 0.717) is 44.6 Å². The van der Waals surface area contributed by atoms with Crippen LogP contribution in [0.4, 0.5) is 5.13 Å². The fraction of sp³-hybridized carbons (Fsp3) is 0.500. The number of nitrogens with one attached hydrogen (secondary N) is 2. The minimum absolute atomic E-state index is 0.0759. The van der Waals surface area contributed by atoms with Crippen LogP contribution in [-0.4, -0.2) is 66.8 Å². The van der Waals surface area contributed by atoms with Crippen molar-refractivity contribution in [2.75, 3.05) is 44.7 Å². The number of amides is 2. The van der Waals surface area contributed by atoms with Crippen molar-refractivity contribution in [1.29, 1.82) is 5.26 Å². The number of thiazole rings is 1. The third-order valence-electron chi connectivity index (χ3n) is 6.71. The Morgan fingerprint density at radius 2 is 1.88 bits per heavy atom. The minimum atomic E-state index is -0.970. The number of rotatable bonds is 6. The normalized spacial score (nSPS) is 19.1. The smallest absolute Gasteiger partial charge is 0.252 e. The first kappa shape index (κ1) is 24.1. The van der Waals surface area contributed by atoms with Crippen LogP contribution in [0.1, 0.15) is 42.5 Å². The Morgan fingerprint density at radius 1 is 1.21 bits per heavy atom. The third kappa shape index (κ3) is 5.38. The number of likely N-dealkylation sites (N-methyl/N-ethyl adjacent to an activating group) is 1. The van der Waals surface area contributed by atoms with Crippen molar-refractivity contribution in [2.24, 2.45) is 0 Å². The summed E-state index contributed by atoms with van der Waals surface area (Å²) in [6.07, 6.45) is 3.87. The lowest BCUT2D eigenvalue weighted by atomic mass is 9.80. The number of carbonyl (C=O) groups excluding carboxylic acids is 2. The van der Waals surface area contributed by atoms with Gasteiger partial charge in [-0.2, -0.15) is 5.26 Å². The lowest BCUT2D eigenvalue weighted by Gasteiger charge is -2.45. The Morgan fingerprint density at radius 3 is 2.53 bits per heavy atom. The lowest BCUT2D eigenvalue weighted by Crippen LogP contribution is -2.59. The van der Waals surface area contributed by atoms with Crippen LogP contribution in [0.15, 0.2) is 29.6 Å². The van der Waals surface area contributed by atoms with E-state index in [0.717, 1.165) is 35.7 Å². The molecule has 2 aliphatic rings. The Labute approximate surface area is 203 Å². The van der Waals surface area contributed by atoms with Gasteiger partial charge in [-0.25, -0.2) is 4.98 Å². The van der Waals surface area contributed by atoms with E-state index in [1.165, 1.54) is 0 Å². The monoisotopic (exact) mass is 482 g/mol. The van der Waals surface area contributed by atoms with Gasteiger partial charge in [-0.3, -0.25) is 9.59 Å². The van der Waals surface area contributed by atoms with Gasteiger partial charge in [0.25, 0.3) is 5.91 Å². The maximum absolute atomic E-state index is 13.0. The fourth-order valence-corrected chi connectivity index (χ4v) is 5.45. The molecule has 0 unspecified atom stereocenters. The summed E-state index contributed by atoms with van der Waals surface area (Å²) in [7, 11) is 1.71. The predicted molar refractivity (Wildman–Crippen MR) is 131 cm³/mol. The van der Waals surface area contributed by atoms with E-state index < -0.39 is 5.54 Å². The van der Waals surface area contributed by atoms with E-state index >= 15 is 0 Å². The molecule has 1 aliphatic heterocycles. The second kappa shape index (κ2) is 10.1. The SMILES string of the molecule is C[N+]1([O-])CCN(c2nc(-c3ccc(C(=O)NC4(C(=O)NCC#N)CCCCC4)cc3)cs2)CC1. The highest BCUT2D eigenvalue weighted by Gasteiger charge is 2.40. The number of anilines is 1. The molecule has 1 aromatic carbocycles. The van der Waals surface area contributed by atoms with Crippen molar-refractivity contribution in [1.82, 2.24) is 15.6 Å². The highest BCUT2D eigenvalue weighted by molar-refractivity contribution is 7.14. The van der Waals surface area contributed by atoms with Crippen LogP contribution in [0.3, 0.4) is 0 Å². The van der Waals surface area contributed by atoms with E-state index in [9.17, 15) is 14.8 Å². The maximum atomic E-state index is 13.0. The number of aromatic nitrogens is 1. The van der Waals surface area contributed by atoms with Crippen LogP contribution in [-0.2, 0) is 4.79 Å². The highest BCUT2D eigenvalue weighted by Crippen LogP contribution is 2.30. The van der Waals surface area contributed by atoms with Crippen LogP contribution in [0.2, 0.25) is 0 Å². The molecule has 34 heavy (non-hydrogen) atoms. The fourth-order valence-electron chi connectivity index (χ4n) is 4.56. The predicted octanol–water partition coefficient (Wildman–Crippen LogP) is 2.65. The number of nitriles is 1. The number of benzene rings is 1. The van der Waals surface area contributed by atoms with Crippen LogP contribution < -0.4 is 15.5 Å². The number of nitrogens with zero attached hydrogens (tertiary/aromatic N) is 4. The van der Waals surface area contributed by atoms with E-state index in [4.69, 9.17) is 10.2 Å². The summed E-state index contributed by atoms with van der Waals surface area (Å²) in [4.78, 5) is 32.6. The summed E-state index contributed by atoms with van der Waals surface area (Å²) in [5, 5.41) is 29.3. The molecule has 1 aromatic heterocycles. The average molecular weight is 483 g/mol. The van der Waals surface area contributed by atoms with Gasteiger partial charge in [-0.15, -0.1) is 11.3 Å². The van der Waals surface area contributed by atoms with Crippen molar-refractivity contribution >= 4 is 28.3 Å². The molecule has 4 rings (SSSR count). The van der Waals surface area contributed by atoms with Gasteiger partial charge in [0.1, 0.15) is 12.1 Å². The van der Waals surface area contributed by atoms with Gasteiger partial charge in [-0.1, -0.05) is 31.4 Å². The van der Waals surface area contributed by atoms with Crippen molar-refractivity contribution in [3.63, 3.8) is 0 Å². The number of hydroxylamine groups is 3. The van der Waals surface area contributed by atoms with Crippen LogP contribution in [0, 0.1) is 16.5 Å². The molecular formula is C24H30N6O3S. The summed E-state index contributed by atoms with van der Waals surface area (Å²) in [5.41, 5.74) is 1.24. The molecule has 2 fully saturated rings. The molecular weight excluding hydrogens is 452 g/mol. The molecule has 0 spiro atoms. The molecule has 2 N–H and O–H groups in total. The van der Waals surface area contributed by atoms with Gasteiger partial charge >= 0.3 is 0 Å². The van der Waals surface area contributed by atoms with Gasteiger partial charge < -0.3 is 25.4 Å². The second-order valence-corrected chi connectivity index (χ2v) is 10.1. The first-order valence-corrected chi connectivity index (χ1v) is 12.5. The summed E-state index contributed by atoms with van der Waals surface area (Å²) in [5.74, 6) is -0.589. The topological polar surface area (TPSA) is 121 Å². The zero-order valence-electron chi connectivity index (χ0n) is 19.4. The summed E-state index contributed by atoms with van der Waals surface area (Å²) < 4.78 is -0.209. The number of carbonyl (C=O) groups is 2. The number of hydrogen-bond donors (Lipinski definition) is 2. The zero-order valence-corrected chi connectivity index (χ0v) is 20.2. The first-order valence-electron chi connectivity index (χ1n) is 11.7. The van der Waals surface area contributed by atoms with Crippen LogP contribution >= 0.6 is 11.3 Å². The Bertz CT molecular complexity index is 1060. The average Bonchev–Trinajstić information content (AvgIpc) is 3.33. The molecule has 1 saturated carbocycles. The maximum Gasteiger partial charge on any atom is 0.252 e. The zero-order chi connectivity index (χ0) is 24.2. The third-order valence-corrected chi connectivity index (χ3v) is 7.62. The van der Waals surface area contributed by atoms with Gasteiger partial charge in [0.2, 0.25) is 5.91 Å². The second-order valence-electron chi connectivity index (χ2n) is 9.26. The van der Waals surface area contributed by atoms with Crippen molar-refractivity contribution in [2.45, 2.75) is 37.6 Å². The molecule has 180 valence electrons. The number of piperazine rings is 1. The van der Waals surface area contributed by atoms with E-state index in [2.05, 4.69) is 15.5 Å². The summed E-state index contributed by atoms with van der Waals surface area (Å²) in [6, 6.07) is 9.13. The molecule has 2 heterocycles. The standard InChI is InChI=1S/C24H30N6O3S/c1-30(33)15-13-29(14-16-30)23-27-20(17-34-23)18-5-7-19(8-6-18)21(31)28-24(9-3-2-4-10-24)22(32)26-12-11-25/h5-8,17H,2-4,9-10,12-16H2,1H3,(H,26,32)(H,28,31). The molecule has 10 heteroatoms. The van der Waals surface area contributed by atoms with E-state index in [-0.39, 0.29) is 23.0 Å². The Balaban J connectivity index is 1.43. The van der Waals surface area contributed by atoms with E-state index in [1.807, 2.05) is 23.6 Å². The van der Waals surface area contributed by atoms with Gasteiger partial charge in [-0.05, 0) is 25.0 Å². The number of hydrogen-bond acceptors (Lipinski definition) is 7. The quantitative estimate of drug-likeness (QED) is 0.371. The first-order chi connectivity index (χ1) is 16.3. The van der Waals surface area contributed by atoms with Crippen LogP contribution in [0.25, 0.3) is 11.3 Å². The molecule has 1 saturated heterocycles. The highest BCUT2D eigenvalue weighted by atomic mass is 32.1. The lowest BCUT2D eigenvalue weighted by molar-refractivity contribution is -0.861. The van der Waals surface area contributed by atoms with Gasteiger partial charge in [0.05, 0.1) is 45.0 Å². The molecule has 1 aliphatic carbocycles. The number of quaternary nitrogens is 1. The van der Waals surface area contributed by atoms with E-state index in [1.54, 1.807) is 30.5 Å². The Kier molecular flexibility index (Phi) is 7.16. The summed E-state index contributed by atoms with van der Waals surface area (Å²) >= 11 is 1.55. The molecule has 0 radical (unpaired) electrons. The summed E-state index contributed by atoms with van der Waals surface area (Å²) in [6.45, 7) is 2.41. The van der Waals surface area contributed by atoms with Crippen LogP contribution in [0.5, 0.6) is 0 Å². The molecule has 0 atom stereocenters. The van der Waals surface area contributed by atoms with Gasteiger partial charge in [0.15, 0.2) is 5.13 Å². The minimum Gasteiger partial charge on any atom is -0.633 e. The van der Waals surface area contributed by atoms with Crippen molar-refractivity contribution < 1.29 is 14.2 Å². The molecule has 2 amide bonds. The largest absolute Gasteiger partial charge is 0.633 e.